The van der Waals surface area contributed by atoms with Gasteiger partial charge in [0.25, 0.3) is 20.2 Å². The van der Waals surface area contributed by atoms with Crippen LogP contribution < -0.4 is 4.74 Å². The lowest BCUT2D eigenvalue weighted by Crippen LogP contribution is -2.46. The van der Waals surface area contributed by atoms with Crippen LogP contribution in [0.25, 0.3) is 0 Å². The maximum absolute atomic E-state index is 11.8. The van der Waals surface area contributed by atoms with Crippen molar-refractivity contribution in [2.75, 3.05) is 46.4 Å². The van der Waals surface area contributed by atoms with Crippen molar-refractivity contribution in [3.63, 3.8) is 0 Å². The van der Waals surface area contributed by atoms with Crippen molar-refractivity contribution in [2.45, 2.75) is 23.6 Å². The number of Topliss-reactive ketones (excluding diaryl/α,β-unsaturated/α-hetero) is 1. The predicted octanol–water partition coefficient (Wildman–Crippen LogP) is 3.37. The van der Waals surface area contributed by atoms with E-state index in [9.17, 15) is 21.6 Å². The Morgan fingerprint density at radius 1 is 0.725 bits per heavy atom. The average Bonchev–Trinajstić information content (AvgIpc) is 2.90. The molecule has 12 heteroatoms. The number of likely N-dealkylation sites (N-methyl/N-ethyl adjacent to an activating group) is 1. The molecule has 0 aliphatic carbocycles. The maximum atomic E-state index is 11.8. The number of carbonyl (C=O) groups is 1. The molecule has 1 heterocycles. The third-order valence-electron chi connectivity index (χ3n) is 5.78. The summed E-state index contributed by atoms with van der Waals surface area (Å²) in [6.45, 7) is 8.35. The first-order valence-electron chi connectivity index (χ1n) is 12.4. The summed E-state index contributed by atoms with van der Waals surface area (Å²) in [6.07, 6.45) is 0. The number of benzene rings is 3. The first-order chi connectivity index (χ1) is 18.7. The molecule has 0 amide bonds. The number of ether oxygens (including phenoxy) is 1. The minimum absolute atomic E-state index is 0.0666. The van der Waals surface area contributed by atoms with Crippen LogP contribution in [0.2, 0.25) is 0 Å². The number of ketones is 1. The molecule has 0 atom stereocenters. The second-order valence-corrected chi connectivity index (χ2v) is 12.1. The highest BCUT2D eigenvalue weighted by atomic mass is 32.2. The van der Waals surface area contributed by atoms with Crippen molar-refractivity contribution in [3.05, 3.63) is 90.0 Å². The van der Waals surface area contributed by atoms with Gasteiger partial charge in [-0.2, -0.15) is 16.8 Å². The Hall–Kier alpha value is -3.13. The Kier molecular flexibility index (Phi) is 12.9. The number of rotatable bonds is 7. The van der Waals surface area contributed by atoms with Gasteiger partial charge in [-0.05, 0) is 57.3 Å². The summed E-state index contributed by atoms with van der Waals surface area (Å²) in [5.41, 5.74) is 1.91. The van der Waals surface area contributed by atoms with E-state index in [4.69, 9.17) is 13.8 Å². The van der Waals surface area contributed by atoms with E-state index in [1.54, 1.807) is 24.3 Å². The fourth-order valence-electron chi connectivity index (χ4n) is 3.40. The molecule has 1 aliphatic heterocycles. The molecule has 1 aliphatic rings. The summed E-state index contributed by atoms with van der Waals surface area (Å²) in [5.74, 6) is 0.896. The molecule has 1 fully saturated rings. The van der Waals surface area contributed by atoms with E-state index >= 15 is 0 Å². The minimum Gasteiger partial charge on any atom is -0.486 e. The first-order valence-corrected chi connectivity index (χ1v) is 15.3. The third-order valence-corrected chi connectivity index (χ3v) is 7.51. The van der Waals surface area contributed by atoms with Crippen LogP contribution in [0.15, 0.2) is 88.7 Å². The highest BCUT2D eigenvalue weighted by Crippen LogP contribution is 2.10. The van der Waals surface area contributed by atoms with E-state index in [0.717, 1.165) is 43.1 Å². The Morgan fingerprint density at radius 2 is 1.15 bits per heavy atom. The van der Waals surface area contributed by atoms with Gasteiger partial charge >= 0.3 is 0 Å². The Labute approximate surface area is 236 Å². The SMILES string of the molecule is CN1CCN(CC(=O)COc2ccccc2)CC1.Cc1ccc(S(=O)(=O)O)cc1.Cc1ccc(S(=O)(=O)O)cc1. The quantitative estimate of drug-likeness (QED) is 0.392. The standard InChI is InChI=1S/C14H20N2O2.2C7H8O3S/c1-15-7-9-16(10-8-15)11-13(17)12-18-14-5-3-2-4-6-14;2*1-6-2-4-7(5-3-6)11(8,9)10/h2-6H,7-12H2,1H3;2*2-5H,1H3,(H,8,9,10). The zero-order chi connectivity index (χ0) is 29.8. The summed E-state index contributed by atoms with van der Waals surface area (Å²) in [5, 5.41) is 0. The smallest absolute Gasteiger partial charge is 0.294 e. The maximum Gasteiger partial charge on any atom is 0.294 e. The molecular weight excluding hydrogens is 556 g/mol. The molecule has 0 radical (unpaired) electrons. The summed E-state index contributed by atoms with van der Waals surface area (Å²) in [4.78, 5) is 16.1. The zero-order valence-electron chi connectivity index (χ0n) is 22.8. The van der Waals surface area contributed by atoms with Gasteiger partial charge in [0.1, 0.15) is 12.4 Å². The molecule has 0 aromatic heterocycles. The molecule has 3 aromatic carbocycles. The van der Waals surface area contributed by atoms with E-state index in [0.29, 0.717) is 6.54 Å². The average molecular weight is 593 g/mol. The number of para-hydroxylation sites is 1. The van der Waals surface area contributed by atoms with Crippen LogP contribution in [0.4, 0.5) is 0 Å². The van der Waals surface area contributed by atoms with Crippen molar-refractivity contribution in [2.24, 2.45) is 0 Å². The van der Waals surface area contributed by atoms with E-state index in [1.165, 1.54) is 24.3 Å². The fourth-order valence-corrected chi connectivity index (χ4v) is 4.36. The lowest BCUT2D eigenvalue weighted by molar-refractivity contribution is -0.122. The van der Waals surface area contributed by atoms with Gasteiger partial charge in [0.05, 0.1) is 16.3 Å². The second kappa shape index (κ2) is 15.6. The topological polar surface area (TPSA) is 142 Å². The molecule has 4 rings (SSSR count). The molecule has 10 nitrogen and oxygen atoms in total. The van der Waals surface area contributed by atoms with Crippen LogP contribution in [-0.4, -0.2) is 87.9 Å². The lowest BCUT2D eigenvalue weighted by atomic mass is 10.2. The van der Waals surface area contributed by atoms with Crippen molar-refractivity contribution >= 4 is 26.0 Å². The molecule has 40 heavy (non-hydrogen) atoms. The van der Waals surface area contributed by atoms with E-state index in [-0.39, 0.29) is 22.2 Å². The molecule has 0 spiro atoms. The van der Waals surface area contributed by atoms with Gasteiger partial charge in [-0.25, -0.2) is 0 Å². The van der Waals surface area contributed by atoms with E-state index in [1.807, 2.05) is 44.2 Å². The normalized spacial score (nSPS) is 14.2. The van der Waals surface area contributed by atoms with Gasteiger partial charge in [-0.3, -0.25) is 18.8 Å². The first kappa shape index (κ1) is 33.1. The molecule has 218 valence electrons. The zero-order valence-corrected chi connectivity index (χ0v) is 24.4. The molecule has 3 aromatic rings. The minimum atomic E-state index is -4.02. The Balaban J connectivity index is 0.000000222. The number of carbonyl (C=O) groups excluding carboxylic acids is 1. The van der Waals surface area contributed by atoms with Crippen molar-refractivity contribution in [3.8, 4) is 5.75 Å². The van der Waals surface area contributed by atoms with Crippen LogP contribution in [0, 0.1) is 13.8 Å². The Bertz CT molecular complexity index is 1330. The molecule has 1 saturated heterocycles. The van der Waals surface area contributed by atoms with Gasteiger partial charge in [-0.1, -0.05) is 53.6 Å². The highest BCUT2D eigenvalue weighted by Gasteiger charge is 2.16. The summed E-state index contributed by atoms with van der Waals surface area (Å²) in [7, 11) is -5.93. The third kappa shape index (κ3) is 12.8. The lowest BCUT2D eigenvalue weighted by Gasteiger charge is -2.31. The number of nitrogens with zero attached hydrogens (tertiary/aromatic N) is 2. The number of hydrogen-bond donors (Lipinski definition) is 2. The number of piperazine rings is 1. The largest absolute Gasteiger partial charge is 0.486 e. The number of hydrogen-bond acceptors (Lipinski definition) is 8. The van der Waals surface area contributed by atoms with E-state index < -0.39 is 20.2 Å². The van der Waals surface area contributed by atoms with Crippen LogP contribution in [0.1, 0.15) is 11.1 Å². The van der Waals surface area contributed by atoms with Crippen LogP contribution in [-0.2, 0) is 25.0 Å². The molecule has 0 saturated carbocycles. The fraction of sp³-hybridized carbons (Fsp3) is 0.321. The van der Waals surface area contributed by atoms with Crippen LogP contribution in [0.5, 0.6) is 5.75 Å². The monoisotopic (exact) mass is 592 g/mol. The van der Waals surface area contributed by atoms with Gasteiger partial charge < -0.3 is 9.64 Å². The predicted molar refractivity (Wildman–Crippen MR) is 153 cm³/mol. The summed E-state index contributed by atoms with van der Waals surface area (Å²) >= 11 is 0. The second-order valence-electron chi connectivity index (χ2n) is 9.30. The molecule has 0 unspecified atom stereocenters. The van der Waals surface area contributed by atoms with E-state index in [2.05, 4.69) is 16.8 Å². The van der Waals surface area contributed by atoms with Gasteiger partial charge in [-0.15, -0.1) is 0 Å². The van der Waals surface area contributed by atoms with Crippen molar-refractivity contribution in [1.29, 1.82) is 0 Å². The van der Waals surface area contributed by atoms with Crippen LogP contribution >= 0.6 is 0 Å². The highest BCUT2D eigenvalue weighted by molar-refractivity contribution is 7.86. The Morgan fingerprint density at radius 3 is 1.55 bits per heavy atom. The van der Waals surface area contributed by atoms with Gasteiger partial charge in [0.2, 0.25) is 0 Å². The molecule has 0 bridgehead atoms. The van der Waals surface area contributed by atoms with Gasteiger partial charge in [0, 0.05) is 26.2 Å². The van der Waals surface area contributed by atoms with Crippen molar-refractivity contribution < 1.29 is 35.5 Å². The van der Waals surface area contributed by atoms with Gasteiger partial charge in [0.15, 0.2) is 5.78 Å². The molecular formula is C28H36N2O8S2. The number of aryl methyl sites for hydroxylation is 2. The summed E-state index contributed by atoms with van der Waals surface area (Å²) in [6, 6.07) is 21.4. The van der Waals surface area contributed by atoms with Crippen molar-refractivity contribution in [1.82, 2.24) is 9.80 Å². The summed E-state index contributed by atoms with van der Waals surface area (Å²) < 4.78 is 64.5. The van der Waals surface area contributed by atoms with Crippen LogP contribution in [0.3, 0.4) is 0 Å². The molecule has 2 N–H and O–H groups in total.